The summed E-state index contributed by atoms with van der Waals surface area (Å²) in [4.78, 5) is 13.8. The maximum atomic E-state index is 11.3. The molecular formula is C9H8N2O3. The normalized spacial score (nSPS) is 13.0. The van der Waals surface area contributed by atoms with Crippen molar-refractivity contribution in [3.8, 4) is 0 Å². The first-order chi connectivity index (χ1) is 6.68. The molecule has 0 bridgehead atoms. The van der Waals surface area contributed by atoms with Crippen molar-refractivity contribution in [1.82, 2.24) is 4.98 Å². The van der Waals surface area contributed by atoms with Gasteiger partial charge in [0.05, 0.1) is 5.39 Å². The number of H-pyrrole nitrogens is 1. The third kappa shape index (κ3) is 1.39. The fraction of sp³-hybridized carbons (Fsp3) is 0. The van der Waals surface area contributed by atoms with Gasteiger partial charge >= 0.3 is 0 Å². The van der Waals surface area contributed by atoms with Crippen molar-refractivity contribution < 1.29 is 10.4 Å². The summed E-state index contributed by atoms with van der Waals surface area (Å²) in [5, 5.41) is 19.5. The van der Waals surface area contributed by atoms with Crippen molar-refractivity contribution in [2.45, 2.75) is 0 Å². The second-order valence-electron chi connectivity index (χ2n) is 2.91. The van der Waals surface area contributed by atoms with Gasteiger partial charge in [-0.3, -0.25) is 4.79 Å². The Bertz CT molecular complexity index is 519. The fourth-order valence-corrected chi connectivity index (χ4v) is 1.32. The Balaban J connectivity index is 2.76. The van der Waals surface area contributed by atoms with Gasteiger partial charge in [0.25, 0.3) is 5.56 Å². The molecule has 14 heavy (non-hydrogen) atoms. The first kappa shape index (κ1) is 8.89. The van der Waals surface area contributed by atoms with Crippen LogP contribution in [0.15, 0.2) is 35.3 Å². The van der Waals surface area contributed by atoms with Crippen LogP contribution >= 0.6 is 0 Å². The van der Waals surface area contributed by atoms with Crippen molar-refractivity contribution in [3.05, 3.63) is 46.0 Å². The Kier molecular flexibility index (Phi) is 2.05. The molecule has 2 rings (SSSR count). The largest absolute Gasteiger partial charge is 0.595 e. The van der Waals surface area contributed by atoms with Gasteiger partial charge in [0, 0.05) is 18.3 Å². The smallest absolute Gasteiger partial charge is 0.256 e. The lowest BCUT2D eigenvalue weighted by Gasteiger charge is -2.11. The molecule has 1 atom stereocenters. The summed E-state index contributed by atoms with van der Waals surface area (Å²) in [5.41, 5.74) is -0.153. The third-order valence-electron chi connectivity index (χ3n) is 2.02. The summed E-state index contributed by atoms with van der Waals surface area (Å²) in [7, 11) is 0. The summed E-state index contributed by atoms with van der Waals surface area (Å²) < 4.78 is 0. The van der Waals surface area contributed by atoms with Gasteiger partial charge < -0.3 is 10.2 Å². The Morgan fingerprint density at radius 2 is 2.14 bits per heavy atom. The van der Waals surface area contributed by atoms with E-state index >= 15 is 0 Å². The minimum atomic E-state index is -1.03. The number of aromatic nitrogens is 1. The average Bonchev–Trinajstić information content (AvgIpc) is 2.18. The summed E-state index contributed by atoms with van der Waals surface area (Å²) in [6.07, 6.45) is 1.53. The molecule has 5 nitrogen and oxygen atoms in total. The van der Waals surface area contributed by atoms with Gasteiger partial charge in [0.2, 0.25) is 0 Å². The van der Waals surface area contributed by atoms with Crippen LogP contribution in [-0.2, 0) is 0 Å². The van der Waals surface area contributed by atoms with E-state index in [1.165, 1.54) is 18.3 Å². The molecule has 0 aliphatic heterocycles. The minimum absolute atomic E-state index is 0.120. The Hall–Kier alpha value is -1.69. The van der Waals surface area contributed by atoms with Crippen LogP contribution in [0.5, 0.6) is 0 Å². The highest BCUT2D eigenvalue weighted by atomic mass is 16.8. The highest BCUT2D eigenvalue weighted by Gasteiger charge is 2.03. The van der Waals surface area contributed by atoms with Crippen molar-refractivity contribution in [3.63, 3.8) is 0 Å². The number of pyridine rings is 1. The fourth-order valence-electron chi connectivity index (χ4n) is 1.32. The number of hydrogen-bond donors (Lipinski definition) is 3. The van der Waals surface area contributed by atoms with Gasteiger partial charge in [0.1, 0.15) is 0 Å². The molecule has 72 valence electrons. The summed E-state index contributed by atoms with van der Waals surface area (Å²) in [6.45, 7) is 0. The molecule has 0 fully saturated rings. The molecule has 1 aromatic heterocycles. The topological polar surface area (TPSA) is 80.6 Å². The standard InChI is InChI=1S/C9H8N2O3/c12-9-8-5-7(11(13)14)2-1-6(8)3-4-10-9/h1-5,11,13H,(H,10,12). The lowest BCUT2D eigenvalue weighted by Crippen LogP contribution is -2.99. The van der Waals surface area contributed by atoms with Crippen LogP contribution in [0.4, 0.5) is 5.69 Å². The molecule has 5 heteroatoms. The third-order valence-corrected chi connectivity index (χ3v) is 2.02. The van der Waals surface area contributed by atoms with Crippen LogP contribution in [0.25, 0.3) is 10.8 Å². The van der Waals surface area contributed by atoms with E-state index in [9.17, 15) is 10.0 Å². The summed E-state index contributed by atoms with van der Waals surface area (Å²) >= 11 is 0. The molecule has 0 radical (unpaired) electrons. The lowest BCUT2D eigenvalue weighted by molar-refractivity contribution is -0.991. The van der Waals surface area contributed by atoms with Gasteiger partial charge in [-0.25, -0.2) is 5.21 Å². The van der Waals surface area contributed by atoms with Gasteiger partial charge in [-0.2, -0.15) is 5.23 Å². The predicted octanol–water partition coefficient (Wildman–Crippen LogP) is -0.0685. The Morgan fingerprint density at radius 3 is 2.86 bits per heavy atom. The van der Waals surface area contributed by atoms with Gasteiger partial charge in [-0.05, 0) is 17.5 Å². The molecule has 0 amide bonds. The van der Waals surface area contributed by atoms with Gasteiger partial charge in [0.15, 0.2) is 5.69 Å². The van der Waals surface area contributed by atoms with E-state index in [1.54, 1.807) is 12.1 Å². The van der Waals surface area contributed by atoms with Crippen molar-refractivity contribution in [1.29, 1.82) is 0 Å². The molecule has 2 aromatic rings. The molecule has 0 saturated heterocycles. The van der Waals surface area contributed by atoms with Crippen LogP contribution in [0.3, 0.4) is 0 Å². The molecule has 1 heterocycles. The molecular weight excluding hydrogens is 184 g/mol. The number of aromatic amines is 1. The van der Waals surface area contributed by atoms with Crippen LogP contribution < -0.4 is 10.8 Å². The molecule has 0 aliphatic carbocycles. The molecule has 1 unspecified atom stereocenters. The van der Waals surface area contributed by atoms with Crippen LogP contribution in [-0.4, -0.2) is 10.2 Å². The highest BCUT2D eigenvalue weighted by Crippen LogP contribution is 2.11. The highest BCUT2D eigenvalue weighted by molar-refractivity contribution is 5.83. The van der Waals surface area contributed by atoms with E-state index in [0.29, 0.717) is 5.39 Å². The van der Waals surface area contributed by atoms with E-state index in [1.807, 2.05) is 0 Å². The quantitative estimate of drug-likeness (QED) is 0.553. The molecule has 3 N–H and O–H groups in total. The van der Waals surface area contributed by atoms with Crippen LogP contribution in [0, 0.1) is 5.21 Å². The maximum absolute atomic E-state index is 11.3. The second-order valence-corrected chi connectivity index (χ2v) is 2.91. The van der Waals surface area contributed by atoms with Crippen LogP contribution in [0.1, 0.15) is 0 Å². The molecule has 0 spiro atoms. The van der Waals surface area contributed by atoms with Crippen molar-refractivity contribution in [2.24, 2.45) is 0 Å². The predicted molar refractivity (Wildman–Crippen MR) is 50.3 cm³/mol. The Morgan fingerprint density at radius 1 is 1.36 bits per heavy atom. The average molecular weight is 192 g/mol. The van der Waals surface area contributed by atoms with E-state index in [0.717, 1.165) is 5.39 Å². The summed E-state index contributed by atoms with van der Waals surface area (Å²) in [6, 6.07) is 6.19. The number of rotatable bonds is 1. The number of hydrogen-bond acceptors (Lipinski definition) is 3. The zero-order valence-corrected chi connectivity index (χ0v) is 7.15. The number of benzene rings is 1. The van der Waals surface area contributed by atoms with E-state index in [4.69, 9.17) is 5.21 Å². The van der Waals surface area contributed by atoms with E-state index in [2.05, 4.69) is 4.98 Å². The first-order valence-corrected chi connectivity index (χ1v) is 4.03. The second kappa shape index (κ2) is 3.22. The zero-order valence-electron chi connectivity index (χ0n) is 7.15. The monoisotopic (exact) mass is 192 g/mol. The van der Waals surface area contributed by atoms with E-state index in [-0.39, 0.29) is 11.2 Å². The number of quaternary nitrogens is 1. The number of fused-ring (bicyclic) bond motifs is 1. The lowest BCUT2D eigenvalue weighted by atomic mass is 10.1. The molecule has 0 aliphatic rings. The minimum Gasteiger partial charge on any atom is -0.595 e. The first-order valence-electron chi connectivity index (χ1n) is 4.03. The maximum Gasteiger partial charge on any atom is 0.256 e. The Labute approximate surface area is 78.8 Å². The molecule has 1 aromatic carbocycles. The van der Waals surface area contributed by atoms with Crippen LogP contribution in [0.2, 0.25) is 0 Å². The van der Waals surface area contributed by atoms with Crippen molar-refractivity contribution in [2.75, 3.05) is 0 Å². The van der Waals surface area contributed by atoms with Gasteiger partial charge in [-0.1, -0.05) is 0 Å². The number of nitrogens with one attached hydrogen (secondary N) is 2. The molecule has 0 saturated carbocycles. The SMILES string of the molecule is O=c1[nH]ccc2ccc([NH+]([O-])O)cc12. The van der Waals surface area contributed by atoms with Gasteiger partial charge in [-0.15, -0.1) is 0 Å². The summed E-state index contributed by atoms with van der Waals surface area (Å²) in [5.74, 6) is 0. The van der Waals surface area contributed by atoms with Crippen molar-refractivity contribution >= 4 is 16.5 Å². The zero-order chi connectivity index (χ0) is 10.1. The van der Waals surface area contributed by atoms with E-state index < -0.39 is 5.23 Å².